The molecule has 0 aliphatic rings. The monoisotopic (exact) mass is 263 g/mol. The average Bonchev–Trinajstić information content (AvgIpc) is 2.92. The lowest BCUT2D eigenvalue weighted by Crippen LogP contribution is -2.24. The zero-order valence-electron chi connectivity index (χ0n) is 10.9. The molecule has 18 heavy (non-hydrogen) atoms. The summed E-state index contributed by atoms with van der Waals surface area (Å²) in [6.07, 6.45) is 0.400. The molecule has 0 aromatic carbocycles. The Balaban J connectivity index is 1.95. The quantitative estimate of drug-likeness (QED) is 0.916. The first-order valence-corrected chi connectivity index (χ1v) is 6.74. The first-order valence-electron chi connectivity index (χ1n) is 5.86. The van der Waals surface area contributed by atoms with Crippen molar-refractivity contribution in [1.29, 1.82) is 0 Å². The topological polar surface area (TPSA) is 46.9 Å². The second-order valence-corrected chi connectivity index (χ2v) is 5.34. The summed E-state index contributed by atoms with van der Waals surface area (Å²) in [5.41, 5.74) is 3.02. The fourth-order valence-corrected chi connectivity index (χ4v) is 2.54. The molecular formula is C13H17N3OS. The highest BCUT2D eigenvalue weighted by Gasteiger charge is 2.13. The van der Waals surface area contributed by atoms with Gasteiger partial charge in [-0.25, -0.2) is 0 Å². The molecule has 2 aromatic rings. The average molecular weight is 263 g/mol. The van der Waals surface area contributed by atoms with Crippen LogP contribution in [0.5, 0.6) is 0 Å². The molecule has 5 heteroatoms. The van der Waals surface area contributed by atoms with E-state index in [9.17, 15) is 4.79 Å². The number of rotatable bonds is 4. The number of hydrogen-bond acceptors (Lipinski definition) is 3. The van der Waals surface area contributed by atoms with Crippen molar-refractivity contribution < 1.29 is 4.79 Å². The summed E-state index contributed by atoms with van der Waals surface area (Å²) < 4.78 is 1.82. The predicted molar refractivity (Wildman–Crippen MR) is 72.6 cm³/mol. The van der Waals surface area contributed by atoms with Crippen LogP contribution in [-0.4, -0.2) is 15.7 Å². The normalized spacial score (nSPS) is 10.6. The summed E-state index contributed by atoms with van der Waals surface area (Å²) in [7, 11) is 1.90. The van der Waals surface area contributed by atoms with Crippen LogP contribution in [0.25, 0.3) is 0 Å². The van der Waals surface area contributed by atoms with E-state index in [0.717, 1.165) is 17.0 Å². The molecule has 0 spiro atoms. The zero-order chi connectivity index (χ0) is 13.1. The van der Waals surface area contributed by atoms with E-state index in [-0.39, 0.29) is 5.91 Å². The highest BCUT2D eigenvalue weighted by atomic mass is 32.1. The molecule has 0 atom stereocenters. The van der Waals surface area contributed by atoms with Crippen molar-refractivity contribution in [2.75, 3.05) is 0 Å². The number of carbonyl (C=O) groups excluding carboxylic acids is 1. The van der Waals surface area contributed by atoms with Crippen LogP contribution in [0, 0.1) is 13.8 Å². The van der Waals surface area contributed by atoms with Gasteiger partial charge in [0.2, 0.25) is 5.91 Å². The van der Waals surface area contributed by atoms with E-state index < -0.39 is 0 Å². The van der Waals surface area contributed by atoms with Crippen LogP contribution in [0.2, 0.25) is 0 Å². The van der Waals surface area contributed by atoms with Crippen LogP contribution in [0.3, 0.4) is 0 Å². The molecule has 96 valence electrons. The largest absolute Gasteiger partial charge is 0.351 e. The SMILES string of the molecule is Cc1nn(C)c(C)c1CC(=O)NCc1cccs1. The van der Waals surface area contributed by atoms with Gasteiger partial charge in [-0.1, -0.05) is 6.07 Å². The molecule has 0 saturated carbocycles. The van der Waals surface area contributed by atoms with Crippen molar-refractivity contribution in [2.45, 2.75) is 26.8 Å². The minimum absolute atomic E-state index is 0.0441. The van der Waals surface area contributed by atoms with E-state index in [4.69, 9.17) is 0 Å². The third-order valence-corrected chi connectivity index (χ3v) is 3.91. The van der Waals surface area contributed by atoms with Crippen LogP contribution in [0.4, 0.5) is 0 Å². The van der Waals surface area contributed by atoms with Gasteiger partial charge in [0, 0.05) is 23.2 Å². The molecule has 2 heterocycles. The van der Waals surface area contributed by atoms with Crippen molar-refractivity contribution in [2.24, 2.45) is 7.05 Å². The van der Waals surface area contributed by atoms with Crippen molar-refractivity contribution >= 4 is 17.2 Å². The predicted octanol–water partition coefficient (Wildman–Crippen LogP) is 1.96. The Morgan fingerprint density at radius 2 is 2.28 bits per heavy atom. The van der Waals surface area contributed by atoms with Gasteiger partial charge in [0.1, 0.15) is 0 Å². The van der Waals surface area contributed by atoms with Crippen molar-refractivity contribution in [3.8, 4) is 0 Å². The number of aromatic nitrogens is 2. The van der Waals surface area contributed by atoms with Crippen LogP contribution in [-0.2, 0) is 24.8 Å². The van der Waals surface area contributed by atoms with Gasteiger partial charge >= 0.3 is 0 Å². The minimum atomic E-state index is 0.0441. The number of nitrogens with zero attached hydrogens (tertiary/aromatic N) is 2. The molecule has 0 radical (unpaired) electrons. The second-order valence-electron chi connectivity index (χ2n) is 4.31. The van der Waals surface area contributed by atoms with Gasteiger partial charge in [-0.15, -0.1) is 11.3 Å². The van der Waals surface area contributed by atoms with Gasteiger partial charge in [-0.3, -0.25) is 9.48 Å². The van der Waals surface area contributed by atoms with E-state index in [2.05, 4.69) is 10.4 Å². The van der Waals surface area contributed by atoms with Crippen LogP contribution in [0.1, 0.15) is 21.8 Å². The third kappa shape index (κ3) is 2.79. The molecule has 2 aromatic heterocycles. The van der Waals surface area contributed by atoms with Gasteiger partial charge < -0.3 is 5.32 Å². The van der Waals surface area contributed by atoms with Crippen LogP contribution in [0.15, 0.2) is 17.5 Å². The Morgan fingerprint density at radius 1 is 1.50 bits per heavy atom. The summed E-state index contributed by atoms with van der Waals surface area (Å²) in [6.45, 7) is 4.53. The smallest absolute Gasteiger partial charge is 0.224 e. The molecule has 0 bridgehead atoms. The summed E-state index contributed by atoms with van der Waals surface area (Å²) in [5, 5.41) is 9.25. The van der Waals surface area contributed by atoms with E-state index in [1.54, 1.807) is 11.3 Å². The van der Waals surface area contributed by atoms with Crippen LogP contribution >= 0.6 is 11.3 Å². The molecule has 1 N–H and O–H groups in total. The van der Waals surface area contributed by atoms with E-state index >= 15 is 0 Å². The lowest BCUT2D eigenvalue weighted by Gasteiger charge is -2.04. The highest BCUT2D eigenvalue weighted by Crippen LogP contribution is 2.13. The number of carbonyl (C=O) groups is 1. The van der Waals surface area contributed by atoms with Gasteiger partial charge in [0.05, 0.1) is 18.7 Å². The van der Waals surface area contributed by atoms with Gasteiger partial charge in [0.25, 0.3) is 0 Å². The van der Waals surface area contributed by atoms with E-state index in [1.165, 1.54) is 4.88 Å². The Kier molecular flexibility index (Phi) is 3.81. The summed E-state index contributed by atoms with van der Waals surface area (Å²) >= 11 is 1.65. The fraction of sp³-hybridized carbons (Fsp3) is 0.385. The van der Waals surface area contributed by atoms with Crippen molar-refractivity contribution in [3.63, 3.8) is 0 Å². The fourth-order valence-electron chi connectivity index (χ4n) is 1.90. The van der Waals surface area contributed by atoms with E-state index in [1.807, 2.05) is 43.1 Å². The van der Waals surface area contributed by atoms with Crippen molar-refractivity contribution in [3.05, 3.63) is 39.3 Å². The lowest BCUT2D eigenvalue weighted by molar-refractivity contribution is -0.120. The molecule has 0 aliphatic carbocycles. The minimum Gasteiger partial charge on any atom is -0.351 e. The Bertz CT molecular complexity index is 543. The number of amides is 1. The first kappa shape index (κ1) is 12.8. The number of thiophene rings is 1. The van der Waals surface area contributed by atoms with Gasteiger partial charge in [-0.05, 0) is 25.3 Å². The number of nitrogens with one attached hydrogen (secondary N) is 1. The summed E-state index contributed by atoms with van der Waals surface area (Å²) in [4.78, 5) is 13.0. The molecule has 0 aliphatic heterocycles. The Labute approximate surface area is 111 Å². The van der Waals surface area contributed by atoms with Crippen molar-refractivity contribution in [1.82, 2.24) is 15.1 Å². The maximum absolute atomic E-state index is 11.9. The first-order chi connectivity index (χ1) is 8.58. The summed E-state index contributed by atoms with van der Waals surface area (Å²) in [5.74, 6) is 0.0441. The number of hydrogen-bond donors (Lipinski definition) is 1. The van der Waals surface area contributed by atoms with Gasteiger partial charge in [0.15, 0.2) is 0 Å². The Hall–Kier alpha value is -1.62. The second kappa shape index (κ2) is 5.35. The molecule has 1 amide bonds. The molecule has 0 fully saturated rings. The summed E-state index contributed by atoms with van der Waals surface area (Å²) in [6, 6.07) is 4.01. The standard InChI is InChI=1S/C13H17N3OS/c1-9-12(10(2)16(3)15-9)7-13(17)14-8-11-5-4-6-18-11/h4-6H,7-8H2,1-3H3,(H,14,17). The molecule has 0 unspecified atom stereocenters. The zero-order valence-corrected chi connectivity index (χ0v) is 11.7. The number of aryl methyl sites for hydroxylation is 2. The molecule has 0 saturated heterocycles. The maximum atomic E-state index is 11.9. The highest BCUT2D eigenvalue weighted by molar-refractivity contribution is 7.09. The molecule has 2 rings (SSSR count). The lowest BCUT2D eigenvalue weighted by atomic mass is 10.1. The maximum Gasteiger partial charge on any atom is 0.224 e. The van der Waals surface area contributed by atoms with Gasteiger partial charge in [-0.2, -0.15) is 5.10 Å². The third-order valence-electron chi connectivity index (χ3n) is 3.04. The van der Waals surface area contributed by atoms with E-state index in [0.29, 0.717) is 13.0 Å². The van der Waals surface area contributed by atoms with Crippen LogP contribution < -0.4 is 5.32 Å². The molecular weight excluding hydrogens is 246 g/mol. The molecule has 4 nitrogen and oxygen atoms in total. The Morgan fingerprint density at radius 3 is 2.83 bits per heavy atom.